The molecule has 0 aliphatic carbocycles. The molecule has 1 saturated heterocycles. The minimum absolute atomic E-state index is 0.195. The summed E-state index contributed by atoms with van der Waals surface area (Å²) < 4.78 is 5.57. The number of hydrogen-bond donors (Lipinski definition) is 2. The number of quaternary nitrogens is 1. The molecule has 0 amide bonds. The molecule has 2 N–H and O–H groups in total. The van der Waals surface area contributed by atoms with E-state index in [4.69, 9.17) is 9.84 Å². The van der Waals surface area contributed by atoms with Crippen molar-refractivity contribution in [2.24, 2.45) is 5.10 Å². The van der Waals surface area contributed by atoms with Crippen LogP contribution in [0.4, 0.5) is 5.82 Å². The largest absolute Gasteiger partial charge is 0.370 e. The molecule has 0 saturated carbocycles. The molecule has 0 spiro atoms. The number of fused-ring (bicyclic) bond motifs is 1. The standard InChI is InChI=1S/C21H25N5OS/c1-14-16(3)28-21-18(14)20(22-13-23-21)25-24-15(2)19(17-7-5-4-6-8-17)26-9-11-27-12-10-26/h4-8,13,19H,9-12H2,1-3H3,(H,22,23,25)/p+1/b24-15-/t19-/m1/s1. The van der Waals surface area contributed by atoms with E-state index in [9.17, 15) is 0 Å². The highest BCUT2D eigenvalue weighted by atomic mass is 32.1. The minimum Gasteiger partial charge on any atom is -0.370 e. The van der Waals surface area contributed by atoms with Gasteiger partial charge in [-0.1, -0.05) is 30.3 Å². The van der Waals surface area contributed by atoms with Crippen molar-refractivity contribution >= 4 is 33.1 Å². The number of nitrogens with one attached hydrogen (secondary N) is 2. The van der Waals surface area contributed by atoms with Crippen molar-refractivity contribution in [3.63, 3.8) is 0 Å². The van der Waals surface area contributed by atoms with Gasteiger partial charge in [0.2, 0.25) is 0 Å². The molecular formula is C21H26N5OS+. The first kappa shape index (κ1) is 19.0. The van der Waals surface area contributed by atoms with Crippen LogP contribution in [-0.4, -0.2) is 42.0 Å². The highest BCUT2D eigenvalue weighted by Crippen LogP contribution is 2.32. The predicted octanol–water partition coefficient (Wildman–Crippen LogP) is 2.75. The molecule has 0 bridgehead atoms. The van der Waals surface area contributed by atoms with Crippen LogP contribution in [0, 0.1) is 13.8 Å². The average molecular weight is 397 g/mol. The molecule has 146 valence electrons. The lowest BCUT2D eigenvalue weighted by Crippen LogP contribution is -3.15. The van der Waals surface area contributed by atoms with Crippen LogP contribution < -0.4 is 10.3 Å². The van der Waals surface area contributed by atoms with E-state index >= 15 is 0 Å². The summed E-state index contributed by atoms with van der Waals surface area (Å²) in [5, 5.41) is 5.83. The maximum atomic E-state index is 5.57. The first-order valence-electron chi connectivity index (χ1n) is 9.63. The summed E-state index contributed by atoms with van der Waals surface area (Å²) in [6.07, 6.45) is 1.60. The lowest BCUT2D eigenvalue weighted by molar-refractivity contribution is -0.928. The molecule has 0 radical (unpaired) electrons. The highest BCUT2D eigenvalue weighted by molar-refractivity contribution is 7.18. The van der Waals surface area contributed by atoms with Crippen LogP contribution in [0.5, 0.6) is 0 Å². The Morgan fingerprint density at radius 1 is 1.18 bits per heavy atom. The number of anilines is 1. The Balaban J connectivity index is 1.65. The summed E-state index contributed by atoms with van der Waals surface area (Å²) in [5.41, 5.74) is 6.76. The van der Waals surface area contributed by atoms with Gasteiger partial charge in [0.1, 0.15) is 24.2 Å². The number of aromatic nitrogens is 2. The molecule has 4 rings (SSSR count). The fourth-order valence-corrected chi connectivity index (χ4v) is 4.81. The Labute approximate surface area is 169 Å². The molecule has 1 aliphatic rings. The summed E-state index contributed by atoms with van der Waals surface area (Å²) in [6.45, 7) is 9.87. The van der Waals surface area contributed by atoms with E-state index in [0.29, 0.717) is 0 Å². The van der Waals surface area contributed by atoms with Gasteiger partial charge in [-0.25, -0.2) is 9.97 Å². The second kappa shape index (κ2) is 8.34. The van der Waals surface area contributed by atoms with Crippen molar-refractivity contribution in [3.05, 3.63) is 52.7 Å². The van der Waals surface area contributed by atoms with Crippen LogP contribution in [0.3, 0.4) is 0 Å². The fraction of sp³-hybridized carbons (Fsp3) is 0.381. The summed E-state index contributed by atoms with van der Waals surface area (Å²) >= 11 is 1.70. The van der Waals surface area contributed by atoms with Gasteiger partial charge in [0.25, 0.3) is 0 Å². The maximum absolute atomic E-state index is 5.57. The third-order valence-corrected chi connectivity index (χ3v) is 6.51. The molecule has 1 aliphatic heterocycles. The number of aryl methyl sites for hydroxylation is 2. The van der Waals surface area contributed by atoms with E-state index in [1.807, 2.05) is 0 Å². The van der Waals surface area contributed by atoms with Gasteiger partial charge in [-0.2, -0.15) is 5.10 Å². The highest BCUT2D eigenvalue weighted by Gasteiger charge is 2.29. The minimum atomic E-state index is 0.195. The van der Waals surface area contributed by atoms with Gasteiger partial charge in [-0.3, -0.25) is 5.43 Å². The monoisotopic (exact) mass is 396 g/mol. The van der Waals surface area contributed by atoms with Crippen molar-refractivity contribution in [3.8, 4) is 0 Å². The summed E-state index contributed by atoms with van der Waals surface area (Å²) in [4.78, 5) is 12.6. The molecule has 2 aromatic heterocycles. The second-order valence-corrected chi connectivity index (χ2v) is 8.37. The van der Waals surface area contributed by atoms with Gasteiger partial charge in [0, 0.05) is 10.4 Å². The van der Waals surface area contributed by atoms with Crippen LogP contribution in [0.15, 0.2) is 41.8 Å². The number of nitrogens with zero attached hydrogens (tertiary/aromatic N) is 3. The Hall–Kier alpha value is -2.35. The first-order chi connectivity index (χ1) is 13.6. The normalized spacial score (nSPS) is 17.0. The molecule has 28 heavy (non-hydrogen) atoms. The van der Waals surface area contributed by atoms with E-state index < -0.39 is 0 Å². The molecular weight excluding hydrogens is 370 g/mol. The van der Waals surface area contributed by atoms with E-state index in [2.05, 4.69) is 66.5 Å². The summed E-state index contributed by atoms with van der Waals surface area (Å²) in [6, 6.07) is 10.8. The fourth-order valence-electron chi connectivity index (χ4n) is 3.81. The third-order valence-electron chi connectivity index (χ3n) is 5.40. The third kappa shape index (κ3) is 3.78. The summed E-state index contributed by atoms with van der Waals surface area (Å²) in [7, 11) is 0. The van der Waals surface area contributed by atoms with E-state index in [-0.39, 0.29) is 6.04 Å². The number of thiophene rings is 1. The number of ether oxygens (including phenoxy) is 1. The van der Waals surface area contributed by atoms with Gasteiger partial charge in [0.05, 0.1) is 24.3 Å². The van der Waals surface area contributed by atoms with Crippen molar-refractivity contribution in [1.82, 2.24) is 9.97 Å². The molecule has 1 aromatic carbocycles. The zero-order chi connectivity index (χ0) is 19.5. The SMILES string of the molecule is C/C(=N/Nc1ncnc2sc(C)c(C)c12)[C@H](c1ccccc1)[NH+]1CCOCC1. The van der Waals surface area contributed by atoms with Crippen molar-refractivity contribution in [2.75, 3.05) is 31.7 Å². The Kier molecular flexibility index (Phi) is 5.66. The molecule has 3 heterocycles. The van der Waals surface area contributed by atoms with Crippen LogP contribution in [0.2, 0.25) is 0 Å². The zero-order valence-corrected chi connectivity index (χ0v) is 17.3. The van der Waals surface area contributed by atoms with Gasteiger partial charge < -0.3 is 9.64 Å². The number of hydrazone groups is 1. The Morgan fingerprint density at radius 2 is 1.93 bits per heavy atom. The van der Waals surface area contributed by atoms with Crippen molar-refractivity contribution < 1.29 is 9.64 Å². The van der Waals surface area contributed by atoms with Crippen LogP contribution in [-0.2, 0) is 4.74 Å². The maximum Gasteiger partial charge on any atom is 0.158 e. The van der Waals surface area contributed by atoms with Crippen molar-refractivity contribution in [1.29, 1.82) is 0 Å². The Morgan fingerprint density at radius 3 is 2.68 bits per heavy atom. The lowest BCUT2D eigenvalue weighted by Gasteiger charge is -2.31. The van der Waals surface area contributed by atoms with Crippen LogP contribution in [0.1, 0.15) is 29.0 Å². The molecule has 1 fully saturated rings. The lowest BCUT2D eigenvalue weighted by atomic mass is 10.0. The summed E-state index contributed by atoms with van der Waals surface area (Å²) in [5.74, 6) is 0.773. The molecule has 7 heteroatoms. The number of hydrogen-bond acceptors (Lipinski definition) is 6. The van der Waals surface area contributed by atoms with Gasteiger partial charge in [-0.05, 0) is 26.3 Å². The predicted molar refractivity (Wildman–Crippen MR) is 114 cm³/mol. The second-order valence-electron chi connectivity index (χ2n) is 7.16. The van der Waals surface area contributed by atoms with Crippen LogP contribution >= 0.6 is 11.3 Å². The molecule has 3 aromatic rings. The van der Waals surface area contributed by atoms with E-state index in [1.165, 1.54) is 20.9 Å². The molecule has 6 nitrogen and oxygen atoms in total. The average Bonchev–Trinajstić information content (AvgIpc) is 3.02. The van der Waals surface area contributed by atoms with E-state index in [1.54, 1.807) is 17.7 Å². The van der Waals surface area contributed by atoms with Crippen molar-refractivity contribution in [2.45, 2.75) is 26.8 Å². The topological polar surface area (TPSA) is 63.8 Å². The quantitative estimate of drug-likeness (QED) is 0.514. The molecule has 1 atom stereocenters. The zero-order valence-electron chi connectivity index (χ0n) is 16.5. The smallest absolute Gasteiger partial charge is 0.158 e. The number of benzene rings is 1. The molecule has 0 unspecified atom stereocenters. The van der Waals surface area contributed by atoms with Gasteiger partial charge in [0.15, 0.2) is 11.9 Å². The first-order valence-corrected chi connectivity index (χ1v) is 10.4. The van der Waals surface area contributed by atoms with E-state index in [0.717, 1.165) is 48.0 Å². The Bertz CT molecular complexity index is 979. The number of morpholine rings is 1. The van der Waals surface area contributed by atoms with Gasteiger partial charge >= 0.3 is 0 Å². The number of rotatable bonds is 5. The van der Waals surface area contributed by atoms with Gasteiger partial charge in [-0.15, -0.1) is 11.3 Å². The van der Waals surface area contributed by atoms with Crippen LogP contribution in [0.25, 0.3) is 10.2 Å².